The third-order valence-corrected chi connectivity index (χ3v) is 4.08. The van der Waals surface area contributed by atoms with Crippen molar-refractivity contribution in [3.63, 3.8) is 0 Å². The molecule has 3 heteroatoms. The Bertz CT molecular complexity index is 192. The molecule has 2 N–H and O–H groups in total. The molecule has 16 heavy (non-hydrogen) atoms. The lowest BCUT2D eigenvalue weighted by atomic mass is 9.94. The van der Waals surface area contributed by atoms with Crippen molar-refractivity contribution in [2.24, 2.45) is 0 Å². The highest BCUT2D eigenvalue weighted by atomic mass is 16.3. The molecule has 1 aliphatic carbocycles. The molecule has 0 aromatic carbocycles. The fraction of sp³-hybridized carbons (Fsp3) is 1.00. The second-order valence-electron chi connectivity index (χ2n) is 5.30. The summed E-state index contributed by atoms with van der Waals surface area (Å²) in [5.41, 5.74) is 0. The van der Waals surface area contributed by atoms with Gasteiger partial charge in [-0.25, -0.2) is 0 Å². The summed E-state index contributed by atoms with van der Waals surface area (Å²) in [6, 6.07) is 1.34. The van der Waals surface area contributed by atoms with E-state index in [1.165, 1.54) is 45.1 Å². The summed E-state index contributed by atoms with van der Waals surface area (Å²) in [7, 11) is 0. The van der Waals surface area contributed by atoms with Crippen molar-refractivity contribution in [2.45, 2.75) is 57.0 Å². The molecule has 2 aliphatic rings. The highest BCUT2D eigenvalue weighted by molar-refractivity contribution is 4.82. The van der Waals surface area contributed by atoms with Crippen LogP contribution in [0.15, 0.2) is 0 Å². The van der Waals surface area contributed by atoms with Crippen molar-refractivity contribution in [3.8, 4) is 0 Å². The molecule has 1 atom stereocenters. The summed E-state index contributed by atoms with van der Waals surface area (Å²) < 4.78 is 0. The van der Waals surface area contributed by atoms with Crippen molar-refractivity contribution >= 4 is 0 Å². The second-order valence-corrected chi connectivity index (χ2v) is 5.30. The predicted molar refractivity (Wildman–Crippen MR) is 66.6 cm³/mol. The van der Waals surface area contributed by atoms with E-state index in [1.807, 2.05) is 0 Å². The zero-order valence-corrected chi connectivity index (χ0v) is 10.3. The quantitative estimate of drug-likeness (QED) is 0.763. The molecule has 2 rings (SSSR count). The summed E-state index contributed by atoms with van der Waals surface area (Å²) in [6.07, 6.45) is 9.22. The lowest BCUT2D eigenvalue weighted by Gasteiger charge is -2.34. The predicted octanol–water partition coefficient (Wildman–Crippen LogP) is 1.37. The van der Waals surface area contributed by atoms with Gasteiger partial charge in [0.25, 0.3) is 0 Å². The summed E-state index contributed by atoms with van der Waals surface area (Å²) in [4.78, 5) is 2.68. The van der Waals surface area contributed by atoms with E-state index in [1.54, 1.807) is 0 Å². The first kappa shape index (κ1) is 12.3. The molecular formula is C13H26N2O. The Morgan fingerprint density at radius 1 is 1.12 bits per heavy atom. The summed E-state index contributed by atoms with van der Waals surface area (Å²) in [5.74, 6) is 0. The van der Waals surface area contributed by atoms with Crippen molar-refractivity contribution in [3.05, 3.63) is 0 Å². The van der Waals surface area contributed by atoms with Crippen molar-refractivity contribution in [1.82, 2.24) is 10.2 Å². The minimum atomic E-state index is 0.316. The van der Waals surface area contributed by atoms with Crippen LogP contribution in [0.2, 0.25) is 0 Å². The van der Waals surface area contributed by atoms with E-state index in [2.05, 4.69) is 10.2 Å². The fourth-order valence-corrected chi connectivity index (χ4v) is 3.15. The van der Waals surface area contributed by atoms with E-state index in [0.29, 0.717) is 12.6 Å². The van der Waals surface area contributed by atoms with Crippen molar-refractivity contribution < 1.29 is 5.11 Å². The van der Waals surface area contributed by atoms with E-state index in [0.717, 1.165) is 25.6 Å². The van der Waals surface area contributed by atoms with Crippen LogP contribution in [0.4, 0.5) is 0 Å². The zero-order valence-electron chi connectivity index (χ0n) is 10.3. The number of hydrogen-bond donors (Lipinski definition) is 2. The van der Waals surface area contributed by atoms with Gasteiger partial charge in [0.1, 0.15) is 0 Å². The fourth-order valence-electron chi connectivity index (χ4n) is 3.15. The van der Waals surface area contributed by atoms with Crippen LogP contribution in [0.25, 0.3) is 0 Å². The lowest BCUT2D eigenvalue weighted by molar-refractivity contribution is 0.146. The van der Waals surface area contributed by atoms with Gasteiger partial charge in [0.15, 0.2) is 0 Å². The van der Waals surface area contributed by atoms with E-state index in [-0.39, 0.29) is 0 Å². The molecule has 94 valence electrons. The highest BCUT2D eigenvalue weighted by Crippen LogP contribution is 2.23. The Morgan fingerprint density at radius 2 is 1.94 bits per heavy atom. The molecule has 2 fully saturated rings. The molecule has 0 radical (unpaired) electrons. The Kier molecular flexibility index (Phi) is 5.07. The van der Waals surface area contributed by atoms with Gasteiger partial charge in [-0.3, -0.25) is 4.90 Å². The maximum Gasteiger partial charge on any atom is 0.0446 e. The summed E-state index contributed by atoms with van der Waals surface area (Å²) in [6.45, 7) is 3.83. The van der Waals surface area contributed by atoms with E-state index >= 15 is 0 Å². The van der Waals surface area contributed by atoms with E-state index in [4.69, 9.17) is 5.11 Å². The maximum absolute atomic E-state index is 9.05. The second kappa shape index (κ2) is 6.58. The molecule has 1 heterocycles. The molecule has 1 saturated carbocycles. The standard InChI is InChI=1S/C13H26N2O/c16-10-7-12-11-15(9-4-8-14-12)13-5-2-1-3-6-13/h12-14,16H,1-11H2. The molecular weight excluding hydrogens is 200 g/mol. The van der Waals surface area contributed by atoms with Crippen molar-refractivity contribution in [1.29, 1.82) is 0 Å². The molecule has 1 saturated heterocycles. The van der Waals surface area contributed by atoms with Gasteiger partial charge in [0, 0.05) is 25.2 Å². The molecule has 1 aliphatic heterocycles. The minimum Gasteiger partial charge on any atom is -0.396 e. The van der Waals surface area contributed by atoms with Gasteiger partial charge in [-0.15, -0.1) is 0 Å². The van der Waals surface area contributed by atoms with Crippen LogP contribution in [0.5, 0.6) is 0 Å². The highest BCUT2D eigenvalue weighted by Gasteiger charge is 2.24. The Balaban J connectivity index is 1.86. The van der Waals surface area contributed by atoms with Crippen LogP contribution >= 0.6 is 0 Å². The molecule has 3 nitrogen and oxygen atoms in total. The van der Waals surface area contributed by atoms with Crippen LogP contribution in [0, 0.1) is 0 Å². The largest absolute Gasteiger partial charge is 0.396 e. The van der Waals surface area contributed by atoms with Gasteiger partial charge in [-0.05, 0) is 38.8 Å². The van der Waals surface area contributed by atoms with Gasteiger partial charge in [0.05, 0.1) is 0 Å². The van der Waals surface area contributed by atoms with Crippen LogP contribution in [-0.2, 0) is 0 Å². The Hall–Kier alpha value is -0.120. The molecule has 0 bridgehead atoms. The number of aliphatic hydroxyl groups is 1. The molecule has 0 aromatic rings. The minimum absolute atomic E-state index is 0.316. The molecule has 0 aromatic heterocycles. The van der Waals surface area contributed by atoms with Crippen LogP contribution < -0.4 is 5.32 Å². The monoisotopic (exact) mass is 226 g/mol. The Morgan fingerprint density at radius 3 is 2.69 bits per heavy atom. The first-order valence-electron chi connectivity index (χ1n) is 6.98. The van der Waals surface area contributed by atoms with E-state index < -0.39 is 0 Å². The number of rotatable bonds is 3. The number of aliphatic hydroxyl groups excluding tert-OH is 1. The number of nitrogens with one attached hydrogen (secondary N) is 1. The number of hydrogen-bond acceptors (Lipinski definition) is 3. The van der Waals surface area contributed by atoms with Gasteiger partial charge in [-0.2, -0.15) is 0 Å². The summed E-state index contributed by atoms with van der Waals surface area (Å²) >= 11 is 0. The lowest BCUT2D eigenvalue weighted by Crippen LogP contribution is -2.43. The van der Waals surface area contributed by atoms with Gasteiger partial charge < -0.3 is 10.4 Å². The zero-order chi connectivity index (χ0) is 11.2. The van der Waals surface area contributed by atoms with Crippen LogP contribution in [0.3, 0.4) is 0 Å². The first-order chi connectivity index (χ1) is 7.90. The summed E-state index contributed by atoms with van der Waals surface area (Å²) in [5, 5.41) is 12.6. The SMILES string of the molecule is OCCC1CN(C2CCCCC2)CCCN1. The van der Waals surface area contributed by atoms with E-state index in [9.17, 15) is 0 Å². The van der Waals surface area contributed by atoms with Gasteiger partial charge >= 0.3 is 0 Å². The average molecular weight is 226 g/mol. The molecule has 0 amide bonds. The maximum atomic E-state index is 9.05. The van der Waals surface area contributed by atoms with Crippen molar-refractivity contribution in [2.75, 3.05) is 26.2 Å². The first-order valence-corrected chi connectivity index (χ1v) is 6.98. The average Bonchev–Trinajstić information content (AvgIpc) is 2.56. The Labute approximate surface area is 99.2 Å². The van der Waals surface area contributed by atoms with Crippen LogP contribution in [0.1, 0.15) is 44.9 Å². The number of nitrogens with zero attached hydrogens (tertiary/aromatic N) is 1. The molecule has 1 unspecified atom stereocenters. The third-order valence-electron chi connectivity index (χ3n) is 4.08. The normalized spacial score (nSPS) is 30.2. The topological polar surface area (TPSA) is 35.5 Å². The van der Waals surface area contributed by atoms with Gasteiger partial charge in [-0.1, -0.05) is 19.3 Å². The smallest absolute Gasteiger partial charge is 0.0446 e. The molecule has 0 spiro atoms. The van der Waals surface area contributed by atoms with Crippen LogP contribution in [-0.4, -0.2) is 48.3 Å². The third kappa shape index (κ3) is 3.44. The van der Waals surface area contributed by atoms with Gasteiger partial charge in [0.2, 0.25) is 0 Å².